The smallest absolute Gasteiger partial charge is 0.259 e. The quantitative estimate of drug-likeness (QED) is 0.643. The Morgan fingerprint density at radius 1 is 1.00 bits per heavy atom. The van der Waals surface area contributed by atoms with E-state index in [0.29, 0.717) is 23.6 Å². The number of amides is 1. The van der Waals surface area contributed by atoms with Gasteiger partial charge in [-0.15, -0.1) is 0 Å². The molecule has 1 aromatic heterocycles. The highest BCUT2D eigenvalue weighted by Gasteiger charge is 2.32. The van der Waals surface area contributed by atoms with E-state index in [1.807, 2.05) is 67.3 Å². The highest BCUT2D eigenvalue weighted by Crippen LogP contribution is 2.39. The molecular weight excluding hydrogens is 364 g/mol. The number of H-pyrrole nitrogens is 1. The van der Waals surface area contributed by atoms with E-state index in [1.165, 1.54) is 0 Å². The van der Waals surface area contributed by atoms with Gasteiger partial charge in [-0.1, -0.05) is 24.3 Å². The molecule has 0 radical (unpaired) electrons. The van der Waals surface area contributed by atoms with Gasteiger partial charge in [-0.3, -0.25) is 4.79 Å². The molecule has 0 saturated heterocycles. The van der Waals surface area contributed by atoms with Gasteiger partial charge >= 0.3 is 0 Å². The van der Waals surface area contributed by atoms with E-state index in [-0.39, 0.29) is 5.91 Å². The molecule has 148 valence electrons. The van der Waals surface area contributed by atoms with Crippen molar-refractivity contribution in [3.63, 3.8) is 0 Å². The number of carbonyl (C=O) groups is 1. The number of carbonyl (C=O) groups excluding carboxylic acids is 1. The maximum Gasteiger partial charge on any atom is 0.259 e. The third-order valence-electron chi connectivity index (χ3n) is 5.23. The Bertz CT molecular complexity index is 1110. The van der Waals surface area contributed by atoms with Gasteiger partial charge in [0.2, 0.25) is 0 Å². The Hall–Kier alpha value is -3.47. The van der Waals surface area contributed by atoms with E-state index in [4.69, 9.17) is 9.47 Å². The van der Waals surface area contributed by atoms with Crippen LogP contribution in [0.4, 0.5) is 5.69 Å². The standard InChI is InChI=1S/C24H24N2O3/c1-15-11-16(2)25-20(15)13-19-18-7-5-6-8-21(18)26(24(19)27)14-17-9-10-22(28-3)23(12-17)29-4/h5-13,25H,14H2,1-4H3. The minimum Gasteiger partial charge on any atom is -0.493 e. The van der Waals surface area contributed by atoms with Crippen molar-refractivity contribution in [2.24, 2.45) is 0 Å². The molecule has 0 aliphatic carbocycles. The predicted molar refractivity (Wildman–Crippen MR) is 115 cm³/mol. The first-order valence-corrected chi connectivity index (χ1v) is 9.52. The number of anilines is 1. The third-order valence-corrected chi connectivity index (χ3v) is 5.23. The zero-order valence-corrected chi connectivity index (χ0v) is 17.1. The molecule has 5 heteroatoms. The topological polar surface area (TPSA) is 54.6 Å². The molecule has 1 aliphatic heterocycles. The summed E-state index contributed by atoms with van der Waals surface area (Å²) in [6.07, 6.45) is 1.96. The number of nitrogens with zero attached hydrogens (tertiary/aromatic N) is 1. The first kappa shape index (κ1) is 18.9. The summed E-state index contributed by atoms with van der Waals surface area (Å²) >= 11 is 0. The fraction of sp³-hybridized carbons (Fsp3) is 0.208. The molecule has 0 atom stereocenters. The zero-order chi connectivity index (χ0) is 20.5. The van der Waals surface area contributed by atoms with Crippen LogP contribution >= 0.6 is 0 Å². The summed E-state index contributed by atoms with van der Waals surface area (Å²) in [6.45, 7) is 4.52. The molecule has 29 heavy (non-hydrogen) atoms. The van der Waals surface area contributed by atoms with Gasteiger partial charge in [0.15, 0.2) is 11.5 Å². The van der Waals surface area contributed by atoms with E-state index >= 15 is 0 Å². The number of rotatable bonds is 5. The summed E-state index contributed by atoms with van der Waals surface area (Å²) in [5.74, 6) is 1.31. The molecule has 0 fully saturated rings. The maximum absolute atomic E-state index is 13.4. The number of methoxy groups -OCH3 is 2. The van der Waals surface area contributed by atoms with Crippen LogP contribution in [0.2, 0.25) is 0 Å². The van der Waals surface area contributed by atoms with Crippen molar-refractivity contribution in [2.45, 2.75) is 20.4 Å². The van der Waals surface area contributed by atoms with Gasteiger partial charge in [0.05, 0.1) is 32.0 Å². The molecule has 5 nitrogen and oxygen atoms in total. The van der Waals surface area contributed by atoms with Gasteiger partial charge in [-0.05, 0) is 55.3 Å². The lowest BCUT2D eigenvalue weighted by atomic mass is 10.1. The van der Waals surface area contributed by atoms with Crippen molar-refractivity contribution in [3.8, 4) is 11.5 Å². The summed E-state index contributed by atoms with van der Waals surface area (Å²) in [7, 11) is 3.22. The first-order valence-electron chi connectivity index (χ1n) is 9.52. The Morgan fingerprint density at radius 2 is 1.76 bits per heavy atom. The number of fused-ring (bicyclic) bond motifs is 1. The predicted octanol–water partition coefficient (Wildman–Crippen LogP) is 4.74. The average molecular weight is 388 g/mol. The van der Waals surface area contributed by atoms with Crippen LogP contribution in [-0.2, 0) is 11.3 Å². The zero-order valence-electron chi connectivity index (χ0n) is 17.1. The molecule has 0 unspecified atom stereocenters. The normalized spacial score (nSPS) is 14.4. The number of ether oxygens (including phenoxy) is 2. The van der Waals surface area contributed by atoms with Crippen LogP contribution in [0.3, 0.4) is 0 Å². The summed E-state index contributed by atoms with van der Waals surface area (Å²) in [4.78, 5) is 18.5. The molecule has 1 aliphatic rings. The molecule has 0 saturated carbocycles. The summed E-state index contributed by atoms with van der Waals surface area (Å²) in [5.41, 5.74) is 6.71. The third kappa shape index (κ3) is 3.40. The van der Waals surface area contributed by atoms with Gasteiger partial charge in [-0.2, -0.15) is 0 Å². The number of hydrogen-bond acceptors (Lipinski definition) is 3. The molecule has 0 bridgehead atoms. The lowest BCUT2D eigenvalue weighted by Crippen LogP contribution is -2.25. The van der Waals surface area contributed by atoms with E-state index < -0.39 is 0 Å². The maximum atomic E-state index is 13.4. The summed E-state index contributed by atoms with van der Waals surface area (Å²) in [5, 5.41) is 0. The van der Waals surface area contributed by atoms with Crippen molar-refractivity contribution < 1.29 is 14.3 Å². The van der Waals surface area contributed by atoms with E-state index in [1.54, 1.807) is 14.2 Å². The Balaban J connectivity index is 1.72. The van der Waals surface area contributed by atoms with Crippen LogP contribution in [0.1, 0.15) is 28.1 Å². The van der Waals surface area contributed by atoms with Gasteiger partial charge in [0, 0.05) is 17.0 Å². The van der Waals surface area contributed by atoms with Crippen LogP contribution < -0.4 is 14.4 Å². The highest BCUT2D eigenvalue weighted by atomic mass is 16.5. The number of aryl methyl sites for hydroxylation is 2. The minimum atomic E-state index is -0.00682. The average Bonchev–Trinajstić information content (AvgIpc) is 3.18. The second-order valence-electron chi connectivity index (χ2n) is 7.20. The second-order valence-corrected chi connectivity index (χ2v) is 7.20. The van der Waals surface area contributed by atoms with Crippen LogP contribution in [0.15, 0.2) is 48.5 Å². The number of para-hydroxylation sites is 1. The molecule has 2 heterocycles. The van der Waals surface area contributed by atoms with Crippen LogP contribution in [0.5, 0.6) is 11.5 Å². The Labute approximate surface area is 170 Å². The first-order chi connectivity index (χ1) is 14.0. The number of hydrogen-bond donors (Lipinski definition) is 1. The number of aromatic amines is 1. The molecule has 1 amide bonds. The second kappa shape index (κ2) is 7.51. The fourth-order valence-corrected chi connectivity index (χ4v) is 3.81. The number of nitrogens with one attached hydrogen (secondary N) is 1. The largest absolute Gasteiger partial charge is 0.493 e. The SMILES string of the molecule is COc1ccc(CN2C(=O)C(=Cc3[nH]c(C)cc3C)c3ccccc32)cc1OC. The molecule has 1 N–H and O–H groups in total. The van der Waals surface area contributed by atoms with Crippen molar-refractivity contribution in [1.29, 1.82) is 0 Å². The van der Waals surface area contributed by atoms with Crippen molar-refractivity contribution in [3.05, 3.63) is 76.6 Å². The monoisotopic (exact) mass is 388 g/mol. The number of aromatic nitrogens is 1. The van der Waals surface area contributed by atoms with Crippen molar-refractivity contribution in [2.75, 3.05) is 19.1 Å². The van der Waals surface area contributed by atoms with Gasteiger partial charge < -0.3 is 19.4 Å². The Morgan fingerprint density at radius 3 is 2.45 bits per heavy atom. The van der Waals surface area contributed by atoms with Crippen LogP contribution in [0, 0.1) is 13.8 Å². The summed E-state index contributed by atoms with van der Waals surface area (Å²) < 4.78 is 10.7. The van der Waals surface area contributed by atoms with Gasteiger partial charge in [-0.25, -0.2) is 0 Å². The van der Waals surface area contributed by atoms with Crippen molar-refractivity contribution in [1.82, 2.24) is 4.98 Å². The fourth-order valence-electron chi connectivity index (χ4n) is 3.81. The molecule has 0 spiro atoms. The Kier molecular flexibility index (Phi) is 4.89. The lowest BCUT2D eigenvalue weighted by molar-refractivity contribution is -0.113. The van der Waals surface area contributed by atoms with E-state index in [9.17, 15) is 4.79 Å². The van der Waals surface area contributed by atoms with Crippen LogP contribution in [0.25, 0.3) is 11.6 Å². The van der Waals surface area contributed by atoms with Gasteiger partial charge in [0.1, 0.15) is 0 Å². The highest BCUT2D eigenvalue weighted by molar-refractivity contribution is 6.35. The number of benzene rings is 2. The van der Waals surface area contributed by atoms with Crippen LogP contribution in [-0.4, -0.2) is 25.1 Å². The van der Waals surface area contributed by atoms with E-state index in [2.05, 4.69) is 11.1 Å². The molecular formula is C24H24N2O3. The minimum absolute atomic E-state index is 0.00682. The molecule has 3 aromatic rings. The van der Waals surface area contributed by atoms with Gasteiger partial charge in [0.25, 0.3) is 5.91 Å². The summed E-state index contributed by atoms with van der Waals surface area (Å²) in [6, 6.07) is 15.7. The molecule has 4 rings (SSSR count). The molecule has 2 aromatic carbocycles. The van der Waals surface area contributed by atoms with Crippen molar-refractivity contribution >= 4 is 23.2 Å². The van der Waals surface area contributed by atoms with E-state index in [0.717, 1.165) is 33.8 Å². The lowest BCUT2D eigenvalue weighted by Gasteiger charge is -2.18.